The summed E-state index contributed by atoms with van der Waals surface area (Å²) in [5, 5.41) is 8.55. The molecule has 0 spiro atoms. The molecule has 1 fully saturated rings. The van der Waals surface area contributed by atoms with Crippen molar-refractivity contribution in [2.75, 3.05) is 25.5 Å². The number of carbonyl (C=O) groups is 1. The van der Waals surface area contributed by atoms with Crippen molar-refractivity contribution in [2.45, 2.75) is 65.5 Å². The predicted molar refractivity (Wildman–Crippen MR) is 180 cm³/mol. The number of anilines is 1. The summed E-state index contributed by atoms with van der Waals surface area (Å²) < 4.78 is 26.8. The number of benzene rings is 1. The van der Waals surface area contributed by atoms with Gasteiger partial charge in [-0.1, -0.05) is 11.6 Å². The second-order valence-corrected chi connectivity index (χ2v) is 13.7. The molecule has 1 atom stereocenters. The molecule has 1 unspecified atom stereocenters. The lowest BCUT2D eigenvalue weighted by atomic mass is 9.83. The van der Waals surface area contributed by atoms with Gasteiger partial charge in [0.25, 0.3) is 0 Å². The van der Waals surface area contributed by atoms with E-state index in [0.29, 0.717) is 24.5 Å². The van der Waals surface area contributed by atoms with Crippen LogP contribution >= 0.6 is 11.6 Å². The first kappa shape index (κ1) is 33.0. The fourth-order valence-corrected chi connectivity index (χ4v) is 6.06. The van der Waals surface area contributed by atoms with Crippen LogP contribution in [0.15, 0.2) is 53.9 Å². The third-order valence-corrected chi connectivity index (χ3v) is 8.45. The number of amidine groups is 1. The van der Waals surface area contributed by atoms with E-state index in [-0.39, 0.29) is 28.6 Å². The van der Waals surface area contributed by atoms with E-state index in [1.54, 1.807) is 24.0 Å². The largest absolute Gasteiger partial charge is 0.481 e. The fourth-order valence-electron chi connectivity index (χ4n) is 5.90. The number of nitrogens with one attached hydrogen (secondary N) is 1. The van der Waals surface area contributed by atoms with Crippen molar-refractivity contribution in [3.05, 3.63) is 70.9 Å². The van der Waals surface area contributed by atoms with Gasteiger partial charge < -0.3 is 25.4 Å². The number of carbonyl (C=O) groups excluding carboxylic acids is 1. The molecule has 0 aliphatic carbocycles. The molecule has 1 aliphatic rings. The van der Waals surface area contributed by atoms with Crippen LogP contribution in [0.2, 0.25) is 5.02 Å². The summed E-state index contributed by atoms with van der Waals surface area (Å²) in [6, 6.07) is 7.86. The first-order valence-electron chi connectivity index (χ1n) is 15.2. The molecule has 1 aromatic carbocycles. The third kappa shape index (κ3) is 7.20. The van der Waals surface area contributed by atoms with Crippen LogP contribution in [0.3, 0.4) is 0 Å². The maximum absolute atomic E-state index is 14.0. The van der Waals surface area contributed by atoms with Crippen molar-refractivity contribution >= 4 is 40.4 Å². The molecule has 12 heteroatoms. The van der Waals surface area contributed by atoms with Crippen molar-refractivity contribution in [1.29, 1.82) is 0 Å². The molecule has 1 aliphatic heterocycles. The summed E-state index contributed by atoms with van der Waals surface area (Å²) in [5.74, 6) is 0.444. The second-order valence-electron chi connectivity index (χ2n) is 13.3. The van der Waals surface area contributed by atoms with Crippen molar-refractivity contribution < 1.29 is 18.7 Å². The fraction of sp³-hybridized carbons (Fsp3) is 0.412. The van der Waals surface area contributed by atoms with Crippen LogP contribution in [0.25, 0.3) is 16.6 Å². The van der Waals surface area contributed by atoms with Gasteiger partial charge in [-0.25, -0.2) is 23.7 Å². The number of fused-ring (bicyclic) bond motifs is 1. The van der Waals surface area contributed by atoms with E-state index in [1.165, 1.54) is 18.2 Å². The molecule has 46 heavy (non-hydrogen) atoms. The maximum atomic E-state index is 14.0. The second kappa shape index (κ2) is 12.8. The predicted octanol–water partition coefficient (Wildman–Crippen LogP) is 7.38. The van der Waals surface area contributed by atoms with Crippen molar-refractivity contribution in [1.82, 2.24) is 19.5 Å². The Balaban J connectivity index is 1.49. The number of likely N-dealkylation sites (tertiary alicyclic amines) is 1. The molecule has 3 N–H and O–H groups in total. The highest BCUT2D eigenvalue weighted by Crippen LogP contribution is 2.35. The normalized spacial score (nSPS) is 16.8. The van der Waals surface area contributed by atoms with Crippen LogP contribution in [0.1, 0.15) is 58.6 Å². The van der Waals surface area contributed by atoms with Crippen molar-refractivity contribution in [3.63, 3.8) is 0 Å². The Morgan fingerprint density at radius 3 is 2.67 bits per heavy atom. The van der Waals surface area contributed by atoms with Crippen LogP contribution in [0, 0.1) is 18.7 Å². The van der Waals surface area contributed by atoms with Crippen LogP contribution in [-0.4, -0.2) is 62.8 Å². The lowest BCUT2D eigenvalue weighted by Gasteiger charge is -2.45. The first-order valence-corrected chi connectivity index (χ1v) is 15.6. The Kier molecular flexibility index (Phi) is 9.17. The number of nitrogens with zero attached hydrogens (tertiary/aromatic N) is 5. The monoisotopic (exact) mass is 649 g/mol. The minimum atomic E-state index is -0.567. The number of rotatable bonds is 7. The molecular formula is C34H41ClFN7O3. The van der Waals surface area contributed by atoms with Crippen LogP contribution in [0.4, 0.5) is 20.6 Å². The molecule has 4 aromatic rings. The molecule has 5 rings (SSSR count). The molecule has 244 valence electrons. The molecule has 0 saturated carbocycles. The van der Waals surface area contributed by atoms with Gasteiger partial charge >= 0.3 is 6.09 Å². The zero-order valence-electron chi connectivity index (χ0n) is 27.3. The van der Waals surface area contributed by atoms with Crippen LogP contribution in [0.5, 0.6) is 5.88 Å². The smallest absolute Gasteiger partial charge is 0.410 e. The average Bonchev–Trinajstić information content (AvgIpc) is 3.40. The zero-order chi connectivity index (χ0) is 33.4. The Labute approximate surface area is 273 Å². The molecule has 0 radical (unpaired) electrons. The van der Waals surface area contributed by atoms with E-state index in [2.05, 4.69) is 34.2 Å². The number of halogens is 2. The minimum Gasteiger partial charge on any atom is -0.481 e. The summed E-state index contributed by atoms with van der Waals surface area (Å²) in [5.41, 5.74) is 10.7. The van der Waals surface area contributed by atoms with E-state index in [0.717, 1.165) is 40.7 Å². The number of aryl methyl sites for hydroxylation is 1. The van der Waals surface area contributed by atoms with Gasteiger partial charge in [0.15, 0.2) is 0 Å². The Bertz CT molecular complexity index is 1800. The van der Waals surface area contributed by atoms with Gasteiger partial charge in [-0.2, -0.15) is 5.10 Å². The Morgan fingerprint density at radius 1 is 1.24 bits per heavy atom. The highest BCUT2D eigenvalue weighted by Gasteiger charge is 2.39. The number of hydrogen-bond donors (Lipinski definition) is 2. The number of aromatic nitrogens is 3. The summed E-state index contributed by atoms with van der Waals surface area (Å²) >= 11 is 6.31. The van der Waals surface area contributed by atoms with Gasteiger partial charge in [0.1, 0.15) is 17.3 Å². The lowest BCUT2D eigenvalue weighted by molar-refractivity contribution is -0.0136. The number of nitrogens with two attached hydrogens (primary N) is 1. The van der Waals surface area contributed by atoms with Crippen LogP contribution in [-0.2, 0) is 4.74 Å². The summed E-state index contributed by atoms with van der Waals surface area (Å²) in [7, 11) is 1.59. The van der Waals surface area contributed by atoms with Gasteiger partial charge in [0.05, 0.1) is 40.8 Å². The van der Waals surface area contributed by atoms with E-state index in [4.69, 9.17) is 26.8 Å². The highest BCUT2D eigenvalue weighted by atomic mass is 35.5. The van der Waals surface area contributed by atoms with Crippen molar-refractivity contribution in [2.24, 2.45) is 16.6 Å². The molecular weight excluding hydrogens is 609 g/mol. The number of ether oxygens (including phenoxy) is 2. The SMILES string of the molecule is COc1cc(C)c(-c2cc3c(NCC4CCN(C(=O)OC(C)(C)C)C(C)(C)C4)c(C(N)=Nc4cc(F)ccc4Cl)cnn3c2)cn1. The summed E-state index contributed by atoms with van der Waals surface area (Å²) in [4.78, 5) is 23.7. The summed E-state index contributed by atoms with van der Waals surface area (Å²) in [6.07, 6.45) is 6.60. The molecule has 1 saturated heterocycles. The van der Waals surface area contributed by atoms with E-state index < -0.39 is 17.0 Å². The van der Waals surface area contributed by atoms with Gasteiger partial charge in [-0.3, -0.25) is 0 Å². The van der Waals surface area contributed by atoms with E-state index >= 15 is 0 Å². The topological polar surface area (TPSA) is 119 Å². The first-order chi connectivity index (χ1) is 21.6. The standard InChI is InChI=1S/C34H41ClFN7O3/c1-20-12-29(45-7)38-17-24(20)22-13-28-30(39-16-21-10-11-42(34(5,6)15-21)32(44)46-33(2,3)4)25(18-40-43(28)19-22)31(37)41-27-14-23(36)8-9-26(27)35/h8-9,12-14,17-19,21,39H,10-11,15-16H2,1-7H3,(H2,37,41). The number of piperidine rings is 1. The highest BCUT2D eigenvalue weighted by molar-refractivity contribution is 6.33. The average molecular weight is 650 g/mol. The van der Waals surface area contributed by atoms with Crippen LogP contribution < -0.4 is 15.8 Å². The number of hydrogen-bond acceptors (Lipinski definition) is 7. The number of aliphatic imine (C=N–C) groups is 1. The van der Waals surface area contributed by atoms with E-state index in [9.17, 15) is 9.18 Å². The Morgan fingerprint density at radius 2 is 2.00 bits per heavy atom. The molecule has 4 heterocycles. The molecule has 10 nitrogen and oxygen atoms in total. The van der Waals surface area contributed by atoms with Gasteiger partial charge in [0.2, 0.25) is 5.88 Å². The molecule has 1 amide bonds. The lowest BCUT2D eigenvalue weighted by Crippen LogP contribution is -2.54. The third-order valence-electron chi connectivity index (χ3n) is 8.13. The number of amides is 1. The van der Waals surface area contributed by atoms with Gasteiger partial charge in [0, 0.05) is 54.3 Å². The summed E-state index contributed by atoms with van der Waals surface area (Å²) in [6.45, 7) is 12.9. The number of methoxy groups -OCH3 is 1. The molecule has 3 aromatic heterocycles. The van der Waals surface area contributed by atoms with Gasteiger partial charge in [-0.15, -0.1) is 0 Å². The van der Waals surface area contributed by atoms with Gasteiger partial charge in [-0.05, 0) is 84.1 Å². The Hall–Kier alpha value is -4.38. The maximum Gasteiger partial charge on any atom is 0.410 e. The quantitative estimate of drug-likeness (QED) is 0.158. The minimum absolute atomic E-state index is 0.134. The molecule has 0 bridgehead atoms. The van der Waals surface area contributed by atoms with E-state index in [1.807, 2.05) is 50.9 Å². The zero-order valence-corrected chi connectivity index (χ0v) is 28.1. The number of pyridine rings is 1. The van der Waals surface area contributed by atoms with Crippen molar-refractivity contribution in [3.8, 4) is 17.0 Å².